The largest absolute Gasteiger partial charge is 0.493 e. The molecule has 2 rings (SSSR count). The Hall–Kier alpha value is -1.99. The predicted octanol–water partition coefficient (Wildman–Crippen LogP) is 0.287. The summed E-state index contributed by atoms with van der Waals surface area (Å²) in [7, 11) is 3.04. The number of methoxy groups -OCH3 is 2. The van der Waals surface area contributed by atoms with Crippen LogP contribution >= 0.6 is 12.4 Å². The van der Waals surface area contributed by atoms with Crippen molar-refractivity contribution in [3.8, 4) is 11.5 Å². The van der Waals surface area contributed by atoms with Crippen LogP contribution in [0.2, 0.25) is 0 Å². The van der Waals surface area contributed by atoms with Gasteiger partial charge in [0.05, 0.1) is 20.8 Å². The van der Waals surface area contributed by atoms with Gasteiger partial charge in [0, 0.05) is 31.7 Å². The maximum absolute atomic E-state index is 12.1. The highest BCUT2D eigenvalue weighted by atomic mass is 35.5. The monoisotopic (exact) mass is 343 g/mol. The Kier molecular flexibility index (Phi) is 7.64. The van der Waals surface area contributed by atoms with Crippen LogP contribution in [0, 0.1) is 0 Å². The van der Waals surface area contributed by atoms with Crippen molar-refractivity contribution in [1.29, 1.82) is 0 Å². The molecule has 1 fully saturated rings. The molecule has 1 heterocycles. The summed E-state index contributed by atoms with van der Waals surface area (Å²) in [5, 5.41) is 5.81. The molecule has 0 bridgehead atoms. The second-order valence-corrected chi connectivity index (χ2v) is 4.88. The molecular weight excluding hydrogens is 322 g/mol. The number of amides is 2. The number of carbonyl (C=O) groups is 2. The third-order valence-electron chi connectivity index (χ3n) is 3.52. The highest BCUT2D eigenvalue weighted by molar-refractivity contribution is 5.97. The van der Waals surface area contributed by atoms with Crippen molar-refractivity contribution in [2.24, 2.45) is 0 Å². The number of nitrogens with zero attached hydrogens (tertiary/aromatic N) is 1. The molecule has 23 heavy (non-hydrogen) atoms. The summed E-state index contributed by atoms with van der Waals surface area (Å²) in [6.45, 7) is 2.91. The van der Waals surface area contributed by atoms with Crippen LogP contribution in [-0.4, -0.2) is 63.7 Å². The molecular formula is C15H22ClN3O4. The number of halogens is 1. The van der Waals surface area contributed by atoms with Gasteiger partial charge in [-0.3, -0.25) is 9.59 Å². The molecule has 1 aliphatic heterocycles. The first-order valence-corrected chi connectivity index (χ1v) is 7.14. The van der Waals surface area contributed by atoms with Gasteiger partial charge in [-0.2, -0.15) is 0 Å². The number of nitrogens with one attached hydrogen (secondary N) is 2. The van der Waals surface area contributed by atoms with Gasteiger partial charge in [0.25, 0.3) is 5.91 Å². The Morgan fingerprint density at radius 3 is 2.43 bits per heavy atom. The molecule has 0 radical (unpaired) electrons. The van der Waals surface area contributed by atoms with E-state index in [-0.39, 0.29) is 30.8 Å². The number of benzene rings is 1. The van der Waals surface area contributed by atoms with Gasteiger partial charge in [-0.05, 0) is 18.2 Å². The van der Waals surface area contributed by atoms with Gasteiger partial charge >= 0.3 is 0 Å². The molecule has 2 amide bonds. The minimum Gasteiger partial charge on any atom is -0.493 e. The van der Waals surface area contributed by atoms with Gasteiger partial charge in [0.15, 0.2) is 11.5 Å². The summed E-state index contributed by atoms with van der Waals surface area (Å²) in [5.74, 6) is 0.638. The molecule has 8 heteroatoms. The van der Waals surface area contributed by atoms with Crippen LogP contribution in [-0.2, 0) is 4.79 Å². The summed E-state index contributed by atoms with van der Waals surface area (Å²) in [6.07, 6.45) is 0. The number of rotatable bonds is 5. The number of carbonyl (C=O) groups excluding carboxylic acids is 2. The molecule has 1 aliphatic rings. The van der Waals surface area contributed by atoms with E-state index in [4.69, 9.17) is 9.47 Å². The molecule has 7 nitrogen and oxygen atoms in total. The van der Waals surface area contributed by atoms with Crippen molar-refractivity contribution in [3.63, 3.8) is 0 Å². The molecule has 0 spiro atoms. The van der Waals surface area contributed by atoms with Gasteiger partial charge in [-0.15, -0.1) is 12.4 Å². The van der Waals surface area contributed by atoms with Crippen LogP contribution in [0.4, 0.5) is 0 Å². The third-order valence-corrected chi connectivity index (χ3v) is 3.52. The van der Waals surface area contributed by atoms with Crippen molar-refractivity contribution < 1.29 is 19.1 Å². The van der Waals surface area contributed by atoms with E-state index in [1.165, 1.54) is 14.2 Å². The molecule has 128 valence electrons. The van der Waals surface area contributed by atoms with E-state index >= 15 is 0 Å². The third kappa shape index (κ3) is 5.01. The fourth-order valence-corrected chi connectivity index (χ4v) is 2.26. The highest BCUT2D eigenvalue weighted by Gasteiger charge is 2.17. The predicted molar refractivity (Wildman–Crippen MR) is 88.6 cm³/mol. The van der Waals surface area contributed by atoms with Crippen molar-refractivity contribution in [3.05, 3.63) is 23.8 Å². The van der Waals surface area contributed by atoms with Gasteiger partial charge in [0.2, 0.25) is 5.91 Å². The van der Waals surface area contributed by atoms with Crippen LogP contribution < -0.4 is 20.1 Å². The molecule has 2 N–H and O–H groups in total. The zero-order valence-electron chi connectivity index (χ0n) is 13.3. The van der Waals surface area contributed by atoms with Crippen molar-refractivity contribution >= 4 is 24.2 Å². The number of piperazine rings is 1. The number of ether oxygens (including phenoxy) is 2. The maximum atomic E-state index is 12.1. The molecule has 0 unspecified atom stereocenters. The summed E-state index contributed by atoms with van der Waals surface area (Å²) in [4.78, 5) is 25.8. The Morgan fingerprint density at radius 1 is 1.17 bits per heavy atom. The molecule has 0 aliphatic carbocycles. The van der Waals surface area contributed by atoms with Crippen LogP contribution in [0.5, 0.6) is 11.5 Å². The van der Waals surface area contributed by atoms with Gasteiger partial charge in [0.1, 0.15) is 0 Å². The summed E-state index contributed by atoms with van der Waals surface area (Å²) in [5.41, 5.74) is 0.422. The Morgan fingerprint density at radius 2 is 1.83 bits per heavy atom. The second kappa shape index (κ2) is 9.22. The molecule has 0 atom stereocenters. The Bertz CT molecular complexity index is 548. The lowest BCUT2D eigenvalue weighted by Crippen LogP contribution is -2.49. The lowest BCUT2D eigenvalue weighted by atomic mass is 10.2. The van der Waals surface area contributed by atoms with E-state index in [1.54, 1.807) is 23.1 Å². The minimum absolute atomic E-state index is 0. The van der Waals surface area contributed by atoms with E-state index in [0.29, 0.717) is 30.2 Å². The fraction of sp³-hybridized carbons (Fsp3) is 0.467. The lowest BCUT2D eigenvalue weighted by molar-refractivity contribution is -0.130. The summed E-state index contributed by atoms with van der Waals surface area (Å²) >= 11 is 0. The molecule has 1 aromatic rings. The minimum atomic E-state index is -0.315. The smallest absolute Gasteiger partial charge is 0.251 e. The van der Waals surface area contributed by atoms with E-state index in [9.17, 15) is 9.59 Å². The Balaban J connectivity index is 0.00000264. The highest BCUT2D eigenvalue weighted by Crippen LogP contribution is 2.27. The normalized spacial score (nSPS) is 13.7. The van der Waals surface area contributed by atoms with E-state index in [1.807, 2.05) is 0 Å². The number of hydrogen-bond acceptors (Lipinski definition) is 5. The topological polar surface area (TPSA) is 79.9 Å². The molecule has 0 aromatic heterocycles. The molecule has 1 saturated heterocycles. The van der Waals surface area contributed by atoms with E-state index < -0.39 is 0 Å². The average Bonchev–Trinajstić information content (AvgIpc) is 2.59. The Labute approximate surface area is 141 Å². The number of hydrogen-bond donors (Lipinski definition) is 2. The van der Waals surface area contributed by atoms with E-state index in [0.717, 1.165) is 13.1 Å². The van der Waals surface area contributed by atoms with Crippen molar-refractivity contribution in [2.75, 3.05) is 46.9 Å². The second-order valence-electron chi connectivity index (χ2n) is 4.88. The quantitative estimate of drug-likeness (QED) is 0.803. The first-order valence-electron chi connectivity index (χ1n) is 7.14. The first kappa shape index (κ1) is 19.1. The van der Waals surface area contributed by atoms with Crippen molar-refractivity contribution in [2.45, 2.75) is 0 Å². The van der Waals surface area contributed by atoms with E-state index in [2.05, 4.69) is 10.6 Å². The van der Waals surface area contributed by atoms with Crippen LogP contribution in [0.1, 0.15) is 10.4 Å². The zero-order valence-corrected chi connectivity index (χ0v) is 14.1. The molecule has 1 aromatic carbocycles. The maximum Gasteiger partial charge on any atom is 0.251 e. The van der Waals surface area contributed by atoms with Gasteiger partial charge in [-0.1, -0.05) is 0 Å². The average molecular weight is 344 g/mol. The lowest BCUT2D eigenvalue weighted by Gasteiger charge is -2.27. The van der Waals surface area contributed by atoms with Gasteiger partial charge < -0.3 is 25.0 Å². The van der Waals surface area contributed by atoms with Crippen molar-refractivity contribution in [1.82, 2.24) is 15.5 Å². The fourth-order valence-electron chi connectivity index (χ4n) is 2.26. The van der Waals surface area contributed by atoms with Crippen LogP contribution in [0.15, 0.2) is 18.2 Å². The van der Waals surface area contributed by atoms with Crippen LogP contribution in [0.25, 0.3) is 0 Å². The summed E-state index contributed by atoms with van der Waals surface area (Å²) in [6, 6.07) is 4.88. The van der Waals surface area contributed by atoms with Gasteiger partial charge in [-0.25, -0.2) is 0 Å². The standard InChI is InChI=1S/C15H21N3O4.ClH/c1-21-12-4-3-11(9-13(12)22-2)15(20)17-10-14(19)18-7-5-16-6-8-18;/h3-4,9,16H,5-8,10H2,1-2H3,(H,17,20);1H. The SMILES string of the molecule is COc1ccc(C(=O)NCC(=O)N2CCNCC2)cc1OC.Cl. The zero-order chi connectivity index (χ0) is 15.9. The summed E-state index contributed by atoms with van der Waals surface area (Å²) < 4.78 is 10.3. The first-order chi connectivity index (χ1) is 10.7. The van der Waals surface area contributed by atoms with Crippen LogP contribution in [0.3, 0.4) is 0 Å². The molecule has 0 saturated carbocycles.